The van der Waals surface area contributed by atoms with Gasteiger partial charge in [-0.2, -0.15) is 5.10 Å². The van der Waals surface area contributed by atoms with Crippen molar-refractivity contribution in [2.45, 2.75) is 40.3 Å². The average molecular weight is 421 g/mol. The van der Waals surface area contributed by atoms with Crippen LogP contribution >= 0.6 is 11.6 Å². The van der Waals surface area contributed by atoms with Crippen LogP contribution in [0.5, 0.6) is 0 Å². The summed E-state index contributed by atoms with van der Waals surface area (Å²) < 4.78 is 3.87. The second-order valence-electron chi connectivity index (χ2n) is 7.85. The largest absolute Gasteiger partial charge is 0.336 e. The van der Waals surface area contributed by atoms with Crippen molar-refractivity contribution < 1.29 is 5.32 Å². The van der Waals surface area contributed by atoms with Crippen LogP contribution in [0.1, 0.15) is 40.9 Å². The Balaban J connectivity index is 1.50. The third-order valence-electron chi connectivity index (χ3n) is 5.61. The minimum absolute atomic E-state index is 0.307. The summed E-state index contributed by atoms with van der Waals surface area (Å²) in [5.74, 6) is 0. The predicted molar refractivity (Wildman–Crippen MR) is 120 cm³/mol. The highest BCUT2D eigenvalue weighted by Crippen LogP contribution is 2.25. The Bertz CT molecular complexity index is 1140. The molecule has 2 heterocycles. The van der Waals surface area contributed by atoms with Crippen molar-refractivity contribution in [2.24, 2.45) is 0 Å². The van der Waals surface area contributed by atoms with Crippen LogP contribution in [0.2, 0.25) is 5.15 Å². The number of aryl methyl sites for hydroxylation is 3. The fraction of sp³-hybridized carbons (Fsp3) is 0.250. The molecule has 0 fully saturated rings. The lowest BCUT2D eigenvalue weighted by Crippen LogP contribution is -2.83. The fourth-order valence-corrected chi connectivity index (χ4v) is 4.01. The summed E-state index contributed by atoms with van der Waals surface area (Å²) in [4.78, 5) is 4.11. The van der Waals surface area contributed by atoms with Crippen molar-refractivity contribution in [2.75, 3.05) is 0 Å². The first-order valence-corrected chi connectivity index (χ1v) is 10.5. The number of nitrogens with two attached hydrogens (primary N) is 1. The van der Waals surface area contributed by atoms with Gasteiger partial charge in [0.25, 0.3) is 0 Å². The number of rotatable bonds is 6. The van der Waals surface area contributed by atoms with Crippen LogP contribution in [-0.4, -0.2) is 19.3 Å². The van der Waals surface area contributed by atoms with Crippen LogP contribution in [0.3, 0.4) is 0 Å². The maximum Gasteiger partial charge on any atom is 0.142 e. The van der Waals surface area contributed by atoms with Gasteiger partial charge in [-0.1, -0.05) is 35.9 Å². The van der Waals surface area contributed by atoms with Crippen molar-refractivity contribution in [3.63, 3.8) is 0 Å². The lowest BCUT2D eigenvalue weighted by Gasteiger charge is -2.12. The van der Waals surface area contributed by atoms with Gasteiger partial charge in [0.15, 0.2) is 0 Å². The number of hydrogen-bond donors (Lipinski definition) is 1. The number of aromatic nitrogens is 4. The topological polar surface area (TPSA) is 52.2 Å². The maximum atomic E-state index is 6.77. The molecule has 4 rings (SSSR count). The number of hydrogen-bond acceptors (Lipinski definition) is 2. The molecular formula is C24H27ClN5+. The predicted octanol–water partition coefficient (Wildman–Crippen LogP) is 4.46. The molecule has 0 bridgehead atoms. The Morgan fingerprint density at radius 1 is 1.07 bits per heavy atom. The molecule has 2 aromatic carbocycles. The van der Waals surface area contributed by atoms with E-state index in [9.17, 15) is 0 Å². The number of nitrogens with zero attached hydrogens (tertiary/aromatic N) is 4. The molecule has 0 radical (unpaired) electrons. The standard InChI is InChI=1S/C24H26ClN5/c1-16-5-6-17(2)23(13-16)30-24(25)22(19(4)28-30)14-27-18(3)20-7-9-21(10-8-20)29-12-11-26-15-29/h5-13,15,18,27H,14H2,1-4H3/p+1/t18-/m0/s1. The van der Waals surface area contributed by atoms with Gasteiger partial charge in [-0.3, -0.25) is 0 Å². The van der Waals surface area contributed by atoms with Crippen LogP contribution < -0.4 is 5.32 Å². The molecule has 0 saturated heterocycles. The number of benzene rings is 2. The summed E-state index contributed by atoms with van der Waals surface area (Å²) in [6.45, 7) is 9.19. The van der Waals surface area contributed by atoms with Crippen LogP contribution in [0.4, 0.5) is 0 Å². The van der Waals surface area contributed by atoms with Gasteiger partial charge in [0.05, 0.1) is 23.3 Å². The van der Waals surface area contributed by atoms with E-state index in [-0.39, 0.29) is 0 Å². The van der Waals surface area contributed by atoms with Crippen molar-refractivity contribution in [1.82, 2.24) is 19.3 Å². The van der Waals surface area contributed by atoms with Crippen LogP contribution in [0, 0.1) is 20.8 Å². The summed E-state index contributed by atoms with van der Waals surface area (Å²) in [6.07, 6.45) is 5.54. The highest BCUT2D eigenvalue weighted by Gasteiger charge is 2.19. The molecule has 6 heteroatoms. The highest BCUT2D eigenvalue weighted by atomic mass is 35.5. The van der Waals surface area contributed by atoms with Crippen LogP contribution in [-0.2, 0) is 6.54 Å². The van der Waals surface area contributed by atoms with E-state index < -0.39 is 0 Å². The minimum Gasteiger partial charge on any atom is -0.336 e. The zero-order valence-electron chi connectivity index (χ0n) is 17.8. The molecule has 0 aliphatic heterocycles. The molecule has 1 atom stereocenters. The Morgan fingerprint density at radius 2 is 1.83 bits per heavy atom. The van der Waals surface area contributed by atoms with Crippen molar-refractivity contribution >= 4 is 11.6 Å². The Labute approximate surface area is 182 Å². The normalized spacial score (nSPS) is 12.3. The zero-order valence-corrected chi connectivity index (χ0v) is 18.6. The molecule has 0 aliphatic carbocycles. The van der Waals surface area contributed by atoms with Gasteiger partial charge in [-0.25, -0.2) is 9.67 Å². The van der Waals surface area contributed by atoms with E-state index in [1.165, 1.54) is 11.1 Å². The van der Waals surface area contributed by atoms with Gasteiger partial charge in [-0.15, -0.1) is 0 Å². The summed E-state index contributed by atoms with van der Waals surface area (Å²) in [6, 6.07) is 15.2. The molecule has 5 nitrogen and oxygen atoms in total. The van der Waals surface area contributed by atoms with Crippen molar-refractivity contribution in [1.29, 1.82) is 0 Å². The summed E-state index contributed by atoms with van der Waals surface area (Å²) in [5.41, 5.74) is 7.83. The van der Waals surface area contributed by atoms with Gasteiger partial charge in [0, 0.05) is 23.6 Å². The average Bonchev–Trinajstić information content (AvgIpc) is 3.37. The van der Waals surface area contributed by atoms with E-state index in [0.29, 0.717) is 11.2 Å². The molecule has 2 aromatic heterocycles. The molecule has 2 N–H and O–H groups in total. The van der Waals surface area contributed by atoms with E-state index in [0.717, 1.165) is 34.7 Å². The molecule has 0 saturated carbocycles. The first-order valence-electron chi connectivity index (χ1n) is 10.2. The van der Waals surface area contributed by atoms with Crippen LogP contribution in [0.15, 0.2) is 61.2 Å². The lowest BCUT2D eigenvalue weighted by molar-refractivity contribution is -0.708. The first-order chi connectivity index (χ1) is 14.4. The number of quaternary nitrogens is 1. The molecule has 4 aromatic rings. The van der Waals surface area contributed by atoms with Gasteiger partial charge >= 0.3 is 0 Å². The Hall–Kier alpha value is -2.89. The van der Waals surface area contributed by atoms with E-state index in [1.54, 1.807) is 6.20 Å². The second-order valence-corrected chi connectivity index (χ2v) is 8.20. The van der Waals surface area contributed by atoms with Gasteiger partial charge in [-0.05, 0) is 57.0 Å². The second kappa shape index (κ2) is 8.46. The molecule has 0 spiro atoms. The summed E-state index contributed by atoms with van der Waals surface area (Å²) in [7, 11) is 0. The van der Waals surface area contributed by atoms with Gasteiger partial charge in [0.2, 0.25) is 0 Å². The fourth-order valence-electron chi connectivity index (χ4n) is 3.66. The Kier molecular flexibility index (Phi) is 5.75. The quantitative estimate of drug-likeness (QED) is 0.500. The monoisotopic (exact) mass is 420 g/mol. The molecule has 0 aliphatic rings. The molecule has 154 valence electrons. The van der Waals surface area contributed by atoms with Gasteiger partial charge < -0.3 is 9.88 Å². The Morgan fingerprint density at radius 3 is 2.53 bits per heavy atom. The number of imidazole rings is 1. The van der Waals surface area contributed by atoms with E-state index in [1.807, 2.05) is 28.7 Å². The maximum absolute atomic E-state index is 6.77. The summed E-state index contributed by atoms with van der Waals surface area (Å²) >= 11 is 6.77. The van der Waals surface area contributed by atoms with E-state index >= 15 is 0 Å². The number of halogens is 1. The third kappa shape index (κ3) is 4.04. The zero-order chi connectivity index (χ0) is 21.3. The van der Waals surface area contributed by atoms with Crippen LogP contribution in [0.25, 0.3) is 11.4 Å². The lowest BCUT2D eigenvalue weighted by atomic mass is 10.1. The molecule has 0 amide bonds. The van der Waals surface area contributed by atoms with E-state index in [2.05, 4.69) is 73.5 Å². The van der Waals surface area contributed by atoms with E-state index in [4.69, 9.17) is 16.7 Å². The molecule has 30 heavy (non-hydrogen) atoms. The third-order valence-corrected chi connectivity index (χ3v) is 6.00. The molecular weight excluding hydrogens is 394 g/mol. The van der Waals surface area contributed by atoms with Gasteiger partial charge in [0.1, 0.15) is 17.7 Å². The highest BCUT2D eigenvalue weighted by molar-refractivity contribution is 6.30. The first kappa shape index (κ1) is 20.4. The van der Waals surface area contributed by atoms with Crippen molar-refractivity contribution in [3.05, 3.63) is 94.3 Å². The minimum atomic E-state index is 0.307. The van der Waals surface area contributed by atoms with Crippen molar-refractivity contribution in [3.8, 4) is 11.4 Å². The smallest absolute Gasteiger partial charge is 0.142 e. The summed E-state index contributed by atoms with van der Waals surface area (Å²) in [5, 5.41) is 7.72. The SMILES string of the molecule is Cc1ccc(C)c(-n2nc(C)c(C[NH2+][C@@H](C)c3ccc(-n4ccnc4)cc3)c2Cl)c1. The molecule has 0 unspecified atom stereocenters.